The third-order valence-electron chi connectivity index (χ3n) is 4.82. The molecule has 0 saturated carbocycles. The lowest BCUT2D eigenvalue weighted by Crippen LogP contribution is -2.51. The van der Waals surface area contributed by atoms with Crippen LogP contribution in [0.3, 0.4) is 0 Å². The Morgan fingerprint density at radius 2 is 1.69 bits per heavy atom. The first-order valence-corrected chi connectivity index (χ1v) is 10.1. The summed E-state index contributed by atoms with van der Waals surface area (Å²) in [5.74, 6) is -0.0849. The van der Waals surface area contributed by atoms with E-state index in [0.717, 1.165) is 17.5 Å². The van der Waals surface area contributed by atoms with Crippen LogP contribution in [-0.2, 0) is 19.6 Å². The summed E-state index contributed by atoms with van der Waals surface area (Å²) < 4.78 is 1.77. The zero-order valence-electron chi connectivity index (χ0n) is 16.4. The highest BCUT2D eigenvalue weighted by molar-refractivity contribution is 7.80. The van der Waals surface area contributed by atoms with Gasteiger partial charge in [-0.2, -0.15) is 4.57 Å². The van der Waals surface area contributed by atoms with Gasteiger partial charge in [-0.05, 0) is 23.6 Å². The molecule has 4 nitrogen and oxygen atoms in total. The number of pyridine rings is 1. The fraction of sp³-hybridized carbons (Fsp3) is 0.208. The molecule has 0 unspecified atom stereocenters. The van der Waals surface area contributed by atoms with Crippen molar-refractivity contribution in [2.45, 2.75) is 32.5 Å². The van der Waals surface area contributed by atoms with Crippen molar-refractivity contribution in [2.75, 3.05) is 0 Å². The summed E-state index contributed by atoms with van der Waals surface area (Å²) in [5.41, 5.74) is 3.59. The lowest BCUT2D eigenvalue weighted by atomic mass is 10.0. The quantitative estimate of drug-likeness (QED) is 0.342. The number of hydrogen-bond donors (Lipinski definition) is 2. The number of rotatable bonds is 8. The number of benzene rings is 2. The van der Waals surface area contributed by atoms with Crippen LogP contribution in [-0.4, -0.2) is 15.9 Å². The Bertz CT molecular complexity index is 972. The molecule has 0 radical (unpaired) electrons. The van der Waals surface area contributed by atoms with E-state index in [0.29, 0.717) is 17.1 Å². The maximum Gasteiger partial charge on any atom is 0.270 e. The normalized spacial score (nSPS) is 11.7. The van der Waals surface area contributed by atoms with Crippen LogP contribution in [0.5, 0.6) is 0 Å². The van der Waals surface area contributed by atoms with Gasteiger partial charge in [0, 0.05) is 23.7 Å². The van der Waals surface area contributed by atoms with Crippen molar-refractivity contribution in [3.05, 3.63) is 101 Å². The third-order valence-corrected chi connectivity index (χ3v) is 5.18. The summed E-state index contributed by atoms with van der Waals surface area (Å²) in [6.45, 7) is 2.52. The summed E-state index contributed by atoms with van der Waals surface area (Å²) in [5, 5.41) is 12.7. The molecule has 0 spiro atoms. The van der Waals surface area contributed by atoms with E-state index in [4.69, 9.17) is 12.2 Å². The number of nitrogens with one attached hydrogen (secondary N) is 1. The predicted octanol–water partition coefficient (Wildman–Crippen LogP) is 3.57. The average molecular weight is 406 g/mol. The smallest absolute Gasteiger partial charge is 0.270 e. The second kappa shape index (κ2) is 10.0. The molecule has 0 aliphatic heterocycles. The number of carbonyl (C=O) groups excluding carboxylic acids is 1. The summed E-state index contributed by atoms with van der Waals surface area (Å²) >= 11 is 5.65. The molecule has 1 aromatic heterocycles. The monoisotopic (exact) mass is 405 g/mol. The largest absolute Gasteiger partial charge is 0.391 e. The van der Waals surface area contributed by atoms with Crippen LogP contribution in [0.2, 0.25) is 0 Å². The summed E-state index contributed by atoms with van der Waals surface area (Å²) in [4.78, 5) is 13.8. The van der Waals surface area contributed by atoms with Crippen molar-refractivity contribution in [3.63, 3.8) is 0 Å². The molecule has 0 bridgehead atoms. The van der Waals surface area contributed by atoms with Gasteiger partial charge >= 0.3 is 0 Å². The molecule has 0 amide bonds. The van der Waals surface area contributed by atoms with Gasteiger partial charge < -0.3 is 10.4 Å². The number of carbonyl (C=O) groups is 1. The van der Waals surface area contributed by atoms with Gasteiger partial charge in [0.25, 0.3) is 6.04 Å². The third kappa shape index (κ3) is 5.34. The maximum atomic E-state index is 13.4. The summed E-state index contributed by atoms with van der Waals surface area (Å²) in [6.07, 6.45) is 4.49. The molecule has 5 heteroatoms. The molecule has 29 heavy (non-hydrogen) atoms. The minimum atomic E-state index is -0.687. The SMILES string of the molecule is CCc1ccc(C(=O)[C@@H](C(=S)NCc2ccccc2)[n+]2cccc(CO)c2)cc1. The van der Waals surface area contributed by atoms with Crippen molar-refractivity contribution in [2.24, 2.45) is 0 Å². The van der Waals surface area contributed by atoms with Gasteiger partial charge in [-0.25, -0.2) is 0 Å². The van der Waals surface area contributed by atoms with Gasteiger partial charge in [-0.1, -0.05) is 73.7 Å². The highest BCUT2D eigenvalue weighted by Crippen LogP contribution is 2.14. The fourth-order valence-electron chi connectivity index (χ4n) is 3.13. The number of ketones is 1. The van der Waals surface area contributed by atoms with Crippen molar-refractivity contribution in [1.82, 2.24) is 5.32 Å². The molecule has 2 aromatic carbocycles. The molecular formula is C24H25N2O2S+. The highest BCUT2D eigenvalue weighted by atomic mass is 32.1. The topological polar surface area (TPSA) is 53.2 Å². The first-order chi connectivity index (χ1) is 14.1. The number of thiocarbonyl (C=S) groups is 1. The Kier molecular flexibility index (Phi) is 7.22. The number of aliphatic hydroxyl groups excluding tert-OH is 1. The minimum Gasteiger partial charge on any atom is -0.391 e. The van der Waals surface area contributed by atoms with Crippen LogP contribution < -0.4 is 9.88 Å². The average Bonchev–Trinajstić information content (AvgIpc) is 2.78. The Labute approximate surface area is 176 Å². The van der Waals surface area contributed by atoms with E-state index in [9.17, 15) is 9.90 Å². The lowest BCUT2D eigenvalue weighted by Gasteiger charge is -2.15. The van der Waals surface area contributed by atoms with Gasteiger partial charge in [0.15, 0.2) is 17.4 Å². The van der Waals surface area contributed by atoms with Gasteiger partial charge in [0.2, 0.25) is 5.78 Å². The van der Waals surface area contributed by atoms with E-state index in [-0.39, 0.29) is 12.4 Å². The zero-order chi connectivity index (χ0) is 20.6. The predicted molar refractivity (Wildman–Crippen MR) is 118 cm³/mol. The molecule has 148 valence electrons. The van der Waals surface area contributed by atoms with Gasteiger partial charge in [-0.3, -0.25) is 4.79 Å². The van der Waals surface area contributed by atoms with Gasteiger partial charge in [-0.15, -0.1) is 0 Å². The number of aromatic nitrogens is 1. The number of hydrogen-bond acceptors (Lipinski definition) is 3. The molecule has 3 rings (SSSR count). The summed E-state index contributed by atoms with van der Waals surface area (Å²) in [6, 6.07) is 20.5. The number of aryl methyl sites for hydroxylation is 1. The van der Waals surface area contributed by atoms with E-state index >= 15 is 0 Å². The van der Waals surface area contributed by atoms with E-state index in [1.165, 1.54) is 5.56 Å². The molecular weight excluding hydrogens is 380 g/mol. The molecule has 0 fully saturated rings. The summed E-state index contributed by atoms with van der Waals surface area (Å²) in [7, 11) is 0. The zero-order valence-corrected chi connectivity index (χ0v) is 17.2. The van der Waals surface area contributed by atoms with E-state index in [2.05, 4.69) is 12.2 Å². The molecule has 0 aliphatic carbocycles. The number of nitrogens with zero attached hydrogens (tertiary/aromatic N) is 1. The Balaban J connectivity index is 1.89. The van der Waals surface area contributed by atoms with Crippen LogP contribution in [0.4, 0.5) is 0 Å². The van der Waals surface area contributed by atoms with Crippen molar-refractivity contribution >= 4 is 23.0 Å². The Morgan fingerprint density at radius 1 is 1.00 bits per heavy atom. The first-order valence-electron chi connectivity index (χ1n) is 9.67. The molecule has 3 aromatic rings. The van der Waals surface area contributed by atoms with Crippen LogP contribution in [0.1, 0.15) is 40.0 Å². The van der Waals surface area contributed by atoms with Crippen LogP contribution in [0, 0.1) is 0 Å². The molecule has 1 atom stereocenters. The van der Waals surface area contributed by atoms with E-state index in [1.807, 2.05) is 66.7 Å². The van der Waals surface area contributed by atoms with Crippen LogP contribution >= 0.6 is 12.2 Å². The molecule has 1 heterocycles. The van der Waals surface area contributed by atoms with Crippen molar-refractivity contribution in [3.8, 4) is 0 Å². The number of Topliss-reactive ketones (excluding diaryl/α,β-unsaturated/α-hetero) is 1. The first kappa shape index (κ1) is 20.8. The molecule has 2 N–H and O–H groups in total. The minimum absolute atomic E-state index is 0.0849. The Hall–Kier alpha value is -2.89. The maximum absolute atomic E-state index is 13.4. The van der Waals surface area contributed by atoms with Crippen molar-refractivity contribution in [1.29, 1.82) is 0 Å². The lowest BCUT2D eigenvalue weighted by molar-refractivity contribution is -0.692. The second-order valence-corrected chi connectivity index (χ2v) is 7.28. The van der Waals surface area contributed by atoms with Crippen LogP contribution in [0.15, 0.2) is 79.1 Å². The van der Waals surface area contributed by atoms with Crippen molar-refractivity contribution < 1.29 is 14.5 Å². The van der Waals surface area contributed by atoms with E-state index < -0.39 is 6.04 Å². The van der Waals surface area contributed by atoms with Gasteiger partial charge in [0.05, 0.1) is 6.61 Å². The molecule has 0 saturated heterocycles. The molecule has 0 aliphatic rings. The Morgan fingerprint density at radius 3 is 2.34 bits per heavy atom. The fourth-order valence-corrected chi connectivity index (χ4v) is 3.43. The second-order valence-electron chi connectivity index (χ2n) is 6.84. The standard InChI is InChI=1S/C24H24N2O2S/c1-2-18-10-12-21(13-11-18)23(28)22(26-14-6-9-20(16-26)17-27)24(29)25-15-19-7-4-3-5-8-19/h3-14,16,22,27H,2,15,17H2,1H3/p+1/t22-/m0/s1. The number of aliphatic hydroxyl groups is 1. The van der Waals surface area contributed by atoms with Gasteiger partial charge in [0.1, 0.15) is 0 Å². The highest BCUT2D eigenvalue weighted by Gasteiger charge is 2.33. The van der Waals surface area contributed by atoms with E-state index in [1.54, 1.807) is 17.0 Å². The van der Waals surface area contributed by atoms with Crippen LogP contribution in [0.25, 0.3) is 0 Å².